The first-order valence-electron chi connectivity index (χ1n) is 8.92. The first-order valence-corrected chi connectivity index (χ1v) is 8.92. The summed E-state index contributed by atoms with van der Waals surface area (Å²) < 4.78 is 0. The molecule has 0 aliphatic carbocycles. The van der Waals surface area contributed by atoms with E-state index >= 15 is 0 Å². The SMILES string of the molecule is O=C(O)c1cccc2c([N+](=O)[O-])ccc(C(=O)NC3CN4CCC3CC4)c12. The summed E-state index contributed by atoms with van der Waals surface area (Å²) >= 11 is 0. The average Bonchev–Trinajstić information content (AvgIpc) is 2.67. The molecule has 2 aromatic rings. The smallest absolute Gasteiger partial charge is 0.336 e. The molecule has 3 saturated heterocycles. The lowest BCUT2D eigenvalue weighted by Crippen LogP contribution is -2.57. The van der Waals surface area contributed by atoms with Crippen LogP contribution in [0.3, 0.4) is 0 Å². The lowest BCUT2D eigenvalue weighted by atomic mass is 9.84. The second kappa shape index (κ2) is 6.62. The third-order valence-electron chi connectivity index (χ3n) is 5.66. The summed E-state index contributed by atoms with van der Waals surface area (Å²) in [6.45, 7) is 2.87. The average molecular weight is 369 g/mol. The van der Waals surface area contributed by atoms with Crippen molar-refractivity contribution in [1.82, 2.24) is 10.2 Å². The molecule has 1 atom stereocenters. The van der Waals surface area contributed by atoms with E-state index in [9.17, 15) is 24.8 Å². The zero-order valence-electron chi connectivity index (χ0n) is 14.6. The molecular weight excluding hydrogens is 350 g/mol. The molecule has 8 heteroatoms. The van der Waals surface area contributed by atoms with Gasteiger partial charge in [0.25, 0.3) is 11.6 Å². The number of benzene rings is 2. The van der Waals surface area contributed by atoms with Crippen LogP contribution in [-0.4, -0.2) is 52.5 Å². The molecule has 2 bridgehead atoms. The number of rotatable bonds is 4. The molecule has 2 N–H and O–H groups in total. The topological polar surface area (TPSA) is 113 Å². The highest BCUT2D eigenvalue weighted by Crippen LogP contribution is 2.32. The lowest BCUT2D eigenvalue weighted by Gasteiger charge is -2.44. The minimum absolute atomic E-state index is 0.0160. The Balaban J connectivity index is 1.77. The number of nitrogens with zero attached hydrogens (tertiary/aromatic N) is 2. The number of carbonyl (C=O) groups is 2. The van der Waals surface area contributed by atoms with Crippen LogP contribution < -0.4 is 5.32 Å². The molecular formula is C19H19N3O5. The fourth-order valence-electron chi connectivity index (χ4n) is 4.29. The van der Waals surface area contributed by atoms with Crippen LogP contribution in [0.4, 0.5) is 5.69 Å². The zero-order chi connectivity index (χ0) is 19.1. The molecule has 1 unspecified atom stereocenters. The molecule has 1 amide bonds. The first kappa shape index (κ1) is 17.4. The largest absolute Gasteiger partial charge is 0.478 e. The van der Waals surface area contributed by atoms with Gasteiger partial charge in [0.15, 0.2) is 0 Å². The van der Waals surface area contributed by atoms with Crippen LogP contribution in [-0.2, 0) is 0 Å². The van der Waals surface area contributed by atoms with Gasteiger partial charge in [-0.3, -0.25) is 14.9 Å². The van der Waals surface area contributed by atoms with Crippen molar-refractivity contribution in [3.8, 4) is 0 Å². The highest BCUT2D eigenvalue weighted by molar-refractivity contribution is 6.16. The third kappa shape index (κ3) is 3.02. The number of hydrogen-bond donors (Lipinski definition) is 2. The molecule has 0 aromatic heterocycles. The van der Waals surface area contributed by atoms with Crippen molar-refractivity contribution in [3.05, 3.63) is 51.6 Å². The Morgan fingerprint density at radius 1 is 1.15 bits per heavy atom. The second-order valence-electron chi connectivity index (χ2n) is 7.14. The minimum Gasteiger partial charge on any atom is -0.478 e. The Kier molecular flexibility index (Phi) is 4.27. The van der Waals surface area contributed by atoms with E-state index in [4.69, 9.17) is 0 Å². The summed E-state index contributed by atoms with van der Waals surface area (Å²) in [5.41, 5.74) is -0.173. The molecule has 8 nitrogen and oxygen atoms in total. The van der Waals surface area contributed by atoms with E-state index in [1.165, 1.54) is 30.3 Å². The predicted octanol–water partition coefficient (Wildman–Crippen LogP) is 2.27. The summed E-state index contributed by atoms with van der Waals surface area (Å²) in [7, 11) is 0. The fourth-order valence-corrected chi connectivity index (χ4v) is 4.29. The van der Waals surface area contributed by atoms with Gasteiger partial charge in [-0.1, -0.05) is 6.07 Å². The normalized spacial score (nSPS) is 23.9. The zero-order valence-corrected chi connectivity index (χ0v) is 14.6. The Morgan fingerprint density at radius 3 is 2.48 bits per heavy atom. The standard InChI is InChI=1S/C19H19N3O5/c23-18(20-15-10-21-8-6-11(15)7-9-21)13-4-5-16(22(26)27)12-2-1-3-14(17(12)13)19(24)25/h1-5,11,15H,6-10H2,(H,20,23)(H,24,25). The van der Waals surface area contributed by atoms with Gasteiger partial charge in [-0.25, -0.2) is 4.79 Å². The van der Waals surface area contributed by atoms with Gasteiger partial charge in [0.2, 0.25) is 0 Å². The van der Waals surface area contributed by atoms with Crippen LogP contribution in [0.2, 0.25) is 0 Å². The molecule has 140 valence electrons. The van der Waals surface area contributed by atoms with Gasteiger partial charge in [0, 0.05) is 29.6 Å². The summed E-state index contributed by atoms with van der Waals surface area (Å²) in [6.07, 6.45) is 2.07. The van der Waals surface area contributed by atoms with Crippen molar-refractivity contribution in [1.29, 1.82) is 0 Å². The van der Waals surface area contributed by atoms with Crippen molar-refractivity contribution in [2.75, 3.05) is 19.6 Å². The molecule has 3 fully saturated rings. The van der Waals surface area contributed by atoms with Crippen molar-refractivity contribution < 1.29 is 19.6 Å². The minimum atomic E-state index is -1.22. The van der Waals surface area contributed by atoms with Crippen molar-refractivity contribution in [3.63, 3.8) is 0 Å². The summed E-state index contributed by atoms with van der Waals surface area (Å²) in [5, 5.41) is 24.1. The van der Waals surface area contributed by atoms with E-state index in [0.717, 1.165) is 32.5 Å². The van der Waals surface area contributed by atoms with Crippen molar-refractivity contribution in [2.45, 2.75) is 18.9 Å². The quantitative estimate of drug-likeness (QED) is 0.631. The van der Waals surface area contributed by atoms with Crippen LogP contribution >= 0.6 is 0 Å². The Hall–Kier alpha value is -3.00. The number of aromatic carboxylic acids is 1. The van der Waals surface area contributed by atoms with Crippen LogP contribution in [0.25, 0.3) is 10.8 Å². The molecule has 0 radical (unpaired) electrons. The predicted molar refractivity (Wildman–Crippen MR) is 98.0 cm³/mol. The number of nitrogens with one attached hydrogen (secondary N) is 1. The molecule has 0 saturated carbocycles. The lowest BCUT2D eigenvalue weighted by molar-refractivity contribution is -0.383. The maximum absolute atomic E-state index is 13.0. The summed E-state index contributed by atoms with van der Waals surface area (Å²) in [4.78, 5) is 37.7. The van der Waals surface area contributed by atoms with Crippen LogP contribution in [0.5, 0.6) is 0 Å². The first-order chi connectivity index (χ1) is 13.0. The number of nitro groups is 1. The van der Waals surface area contributed by atoms with Crippen molar-refractivity contribution >= 4 is 28.3 Å². The van der Waals surface area contributed by atoms with Crippen LogP contribution in [0.15, 0.2) is 30.3 Å². The summed E-state index contributed by atoms with van der Waals surface area (Å²) in [6, 6.07) is 6.92. The molecule has 3 heterocycles. The fraction of sp³-hybridized carbons (Fsp3) is 0.368. The van der Waals surface area contributed by atoms with Gasteiger partial charge < -0.3 is 15.3 Å². The number of nitro benzene ring substituents is 1. The highest BCUT2D eigenvalue weighted by atomic mass is 16.6. The van der Waals surface area contributed by atoms with Gasteiger partial charge in [0.1, 0.15) is 0 Å². The van der Waals surface area contributed by atoms with E-state index in [1.807, 2.05) is 0 Å². The molecule has 2 aromatic carbocycles. The van der Waals surface area contributed by atoms with Gasteiger partial charge in [-0.05, 0) is 50.0 Å². The number of carboxylic acid groups (broad SMARTS) is 1. The van der Waals surface area contributed by atoms with E-state index < -0.39 is 10.9 Å². The van der Waals surface area contributed by atoms with E-state index in [-0.39, 0.29) is 39.5 Å². The Morgan fingerprint density at radius 2 is 1.89 bits per heavy atom. The Bertz CT molecular complexity index is 950. The van der Waals surface area contributed by atoms with E-state index in [2.05, 4.69) is 10.2 Å². The van der Waals surface area contributed by atoms with Gasteiger partial charge >= 0.3 is 5.97 Å². The number of fused-ring (bicyclic) bond motifs is 4. The number of carboxylic acids is 1. The van der Waals surface area contributed by atoms with Crippen LogP contribution in [0.1, 0.15) is 33.6 Å². The van der Waals surface area contributed by atoms with Crippen molar-refractivity contribution in [2.24, 2.45) is 5.92 Å². The number of amides is 1. The van der Waals surface area contributed by atoms with E-state index in [0.29, 0.717) is 5.92 Å². The highest BCUT2D eigenvalue weighted by Gasteiger charge is 2.35. The van der Waals surface area contributed by atoms with Gasteiger partial charge in [-0.2, -0.15) is 0 Å². The number of non-ortho nitro benzene ring substituents is 1. The second-order valence-corrected chi connectivity index (χ2v) is 7.14. The number of piperidine rings is 3. The third-order valence-corrected chi connectivity index (χ3v) is 5.66. The van der Waals surface area contributed by atoms with Gasteiger partial charge in [0.05, 0.1) is 15.9 Å². The molecule has 3 aliphatic rings. The molecule has 3 aliphatic heterocycles. The molecule has 0 spiro atoms. The number of carbonyl (C=O) groups excluding carboxylic acids is 1. The maximum atomic E-state index is 13.0. The van der Waals surface area contributed by atoms with E-state index in [1.54, 1.807) is 0 Å². The van der Waals surface area contributed by atoms with Gasteiger partial charge in [-0.15, -0.1) is 0 Å². The molecule has 5 rings (SSSR count). The summed E-state index contributed by atoms with van der Waals surface area (Å²) in [5.74, 6) is -1.19. The Labute approximate surface area is 154 Å². The van der Waals surface area contributed by atoms with Crippen LogP contribution in [0, 0.1) is 16.0 Å². The maximum Gasteiger partial charge on any atom is 0.336 e. The molecule has 27 heavy (non-hydrogen) atoms. The number of hydrogen-bond acceptors (Lipinski definition) is 5. The monoisotopic (exact) mass is 369 g/mol.